The summed E-state index contributed by atoms with van der Waals surface area (Å²) in [5.41, 5.74) is 0. The summed E-state index contributed by atoms with van der Waals surface area (Å²) in [4.78, 5) is 0. The number of nitrogens with zero attached hydrogens (tertiary/aromatic N) is 2. The summed E-state index contributed by atoms with van der Waals surface area (Å²) in [5, 5.41) is 7.53. The molecule has 1 heterocycles. The predicted molar refractivity (Wildman–Crippen MR) is 59.3 cm³/mol. The van der Waals surface area contributed by atoms with Crippen LogP contribution in [0.4, 0.5) is 0 Å². The summed E-state index contributed by atoms with van der Waals surface area (Å²) in [6.07, 6.45) is 0. The first-order chi connectivity index (χ1) is 3.29. The van der Waals surface area contributed by atoms with Crippen LogP contribution in [0.5, 0.6) is 0 Å². The third-order valence-corrected chi connectivity index (χ3v) is 3.62. The number of hydrogen-bond donors (Lipinski definition) is 0. The molecule has 0 aromatic carbocycles. The van der Waals surface area contributed by atoms with Crippen molar-refractivity contribution >= 4 is 130 Å². The van der Waals surface area contributed by atoms with E-state index in [2.05, 4.69) is 41.4 Å². The Morgan fingerprint density at radius 2 is 1.18 bits per heavy atom. The van der Waals surface area contributed by atoms with Gasteiger partial charge in [0.1, 0.15) is 0 Å². The van der Waals surface area contributed by atoms with Crippen molar-refractivity contribution in [1.82, 2.24) is 0 Å². The fourth-order valence-electron chi connectivity index (χ4n) is 0.197. The van der Waals surface area contributed by atoms with Gasteiger partial charge in [-0.3, -0.25) is 0 Å². The van der Waals surface area contributed by atoms with Crippen molar-refractivity contribution in [1.29, 1.82) is 0 Å². The van der Waals surface area contributed by atoms with Crippen LogP contribution in [-0.4, -0.2) is 130 Å². The van der Waals surface area contributed by atoms with Gasteiger partial charge in [-0.15, -0.1) is 0 Å². The Morgan fingerprint density at radius 3 is 1.27 bits per heavy atom. The zero-order valence-corrected chi connectivity index (χ0v) is 19.2. The molecule has 62 valence electrons. The van der Waals surface area contributed by atoms with E-state index in [4.69, 9.17) is 0 Å². The van der Waals surface area contributed by atoms with Gasteiger partial charge in [-0.2, -0.15) is 0 Å². The standard InChI is InChI=1S/C2N2Se3.Bi.3H2Se/c5-1-3-4-2(6)7-1;;;;/h;;3*1H2/q;+3;;;/p-3. The molecule has 11 heavy (non-hydrogen) atoms. The maximum atomic E-state index is 3.76. The summed E-state index contributed by atoms with van der Waals surface area (Å²) in [6, 6.07) is 0. The third-order valence-electron chi connectivity index (χ3n) is 0.388. The van der Waals surface area contributed by atoms with Gasteiger partial charge in [0.05, 0.1) is 0 Å². The molecule has 0 N–H and O–H groups in total. The Morgan fingerprint density at radius 1 is 0.909 bits per heavy atom. The number of hydrogen-bond acceptors (Lipinski definition) is 2. The summed E-state index contributed by atoms with van der Waals surface area (Å²) in [5.74, 6) is 0. The molecule has 0 aromatic rings. The van der Waals surface area contributed by atoms with Crippen LogP contribution in [0, 0.1) is 0 Å². The van der Waals surface area contributed by atoms with Crippen LogP contribution in [0.3, 0.4) is 0 Å². The Balaban J connectivity index is -0.0000000612. The van der Waals surface area contributed by atoms with E-state index in [-0.39, 0.29) is 77.4 Å². The topological polar surface area (TPSA) is 24.7 Å². The Labute approximate surface area is 138 Å². The summed E-state index contributed by atoms with van der Waals surface area (Å²) >= 11 is 6.00. The zero-order chi connectivity index (χ0) is 5.28. The first-order valence-corrected chi connectivity index (χ1v) is 4.89. The van der Waals surface area contributed by atoms with E-state index < -0.39 is 0 Å². The van der Waals surface area contributed by atoms with Crippen molar-refractivity contribution in [2.24, 2.45) is 10.2 Å². The molecule has 0 aromatic heterocycles. The normalized spacial score (nSPS) is 12.0. The minimum atomic E-state index is 0. The van der Waals surface area contributed by atoms with Crippen LogP contribution >= 0.6 is 0 Å². The molecule has 0 atom stereocenters. The first kappa shape index (κ1) is 23.9. The van der Waals surface area contributed by atoms with E-state index in [1.165, 1.54) is 0 Å². The Kier molecular flexibility index (Phi) is 28.9. The van der Waals surface area contributed by atoms with Crippen molar-refractivity contribution in [3.8, 4) is 0 Å². The van der Waals surface area contributed by atoms with Gasteiger partial charge in [0.2, 0.25) is 0 Å². The second-order valence-corrected chi connectivity index (χ2v) is 7.13. The van der Waals surface area contributed by atoms with Crippen molar-refractivity contribution in [3.63, 3.8) is 0 Å². The molecule has 1 aliphatic rings. The molecule has 0 saturated carbocycles. The van der Waals surface area contributed by atoms with Crippen molar-refractivity contribution < 1.29 is 0 Å². The van der Waals surface area contributed by atoms with E-state index in [1.54, 1.807) is 0 Å². The minimum absolute atomic E-state index is 0. The molecule has 2 radical (unpaired) electrons. The van der Waals surface area contributed by atoms with Crippen LogP contribution in [-0.2, 0) is 0 Å². The fraction of sp³-hybridized carbons (Fsp3) is 0. The van der Waals surface area contributed by atoms with Gasteiger partial charge in [-0.05, 0) is 0 Å². The molecule has 1 rings (SSSR count). The van der Waals surface area contributed by atoms with Gasteiger partial charge in [-0.25, -0.2) is 0 Å². The van der Waals surface area contributed by atoms with Gasteiger partial charge in [0.15, 0.2) is 0 Å². The second kappa shape index (κ2) is 13.3. The van der Waals surface area contributed by atoms with Crippen LogP contribution in [0.2, 0.25) is 0 Å². The number of rotatable bonds is 0. The molecular weight excluding hydrogens is 735 g/mol. The molecule has 0 unspecified atom stereocenters. The molecule has 0 bridgehead atoms. The van der Waals surface area contributed by atoms with E-state index in [0.717, 1.165) is 6.88 Å². The van der Waals surface area contributed by atoms with E-state index in [0.29, 0.717) is 15.0 Å². The summed E-state index contributed by atoms with van der Waals surface area (Å²) < 4.78 is 2.06. The molecule has 0 spiro atoms. The summed E-state index contributed by atoms with van der Waals surface area (Å²) in [6.45, 7) is 0. The van der Waals surface area contributed by atoms with Gasteiger partial charge in [0.25, 0.3) is 0 Å². The average molecular weight is 738 g/mol. The van der Waals surface area contributed by atoms with E-state index in [9.17, 15) is 0 Å². The van der Waals surface area contributed by atoms with Crippen LogP contribution < -0.4 is 0 Å². The SMILES string of the molecule is [Bi+3].[SeH-].[SeH-].[SeH-].[Se]=C1N=NC(=[Se])[Se]1. The maximum absolute atomic E-state index is 3.76. The first-order valence-electron chi connectivity index (χ1n) is 1.46. The molecule has 0 fully saturated rings. The summed E-state index contributed by atoms with van der Waals surface area (Å²) in [7, 11) is 0. The molecule has 9 heteroatoms. The monoisotopic (exact) mass is 744 g/mol. The molecule has 1 aliphatic heterocycles. The van der Waals surface area contributed by atoms with Crippen molar-refractivity contribution in [3.05, 3.63) is 0 Å². The molecule has 2 nitrogen and oxygen atoms in total. The fourth-order valence-corrected chi connectivity index (χ4v) is 4.14. The Bertz CT molecular complexity index is 141. The van der Waals surface area contributed by atoms with Crippen molar-refractivity contribution in [2.45, 2.75) is 0 Å². The molecule has 0 saturated heterocycles. The van der Waals surface area contributed by atoms with Crippen LogP contribution in [0.15, 0.2) is 10.2 Å². The van der Waals surface area contributed by atoms with Gasteiger partial charge in [0, 0.05) is 0 Å². The Hall–Kier alpha value is 3.34. The van der Waals surface area contributed by atoms with Gasteiger partial charge >= 0.3 is 141 Å². The van der Waals surface area contributed by atoms with E-state index in [1.807, 2.05) is 0 Å². The van der Waals surface area contributed by atoms with E-state index >= 15 is 0 Å². The molecular formula is C2H3BiN2Se6. The van der Waals surface area contributed by atoms with Crippen LogP contribution in [0.1, 0.15) is 0 Å². The number of azo groups is 1. The van der Waals surface area contributed by atoms with Gasteiger partial charge < -0.3 is 0 Å². The van der Waals surface area contributed by atoms with Crippen molar-refractivity contribution in [2.75, 3.05) is 0 Å². The average Bonchev–Trinajstić information content (AvgIpc) is 1.87. The van der Waals surface area contributed by atoms with Crippen LogP contribution in [0.25, 0.3) is 0 Å². The third kappa shape index (κ3) is 11.3. The molecule has 0 aliphatic carbocycles. The predicted octanol–water partition coefficient (Wildman–Crippen LogP) is -3.66. The van der Waals surface area contributed by atoms with Gasteiger partial charge in [-0.1, -0.05) is 0 Å². The zero-order valence-electron chi connectivity index (χ0n) is 4.91. The molecule has 0 amide bonds. The second-order valence-electron chi connectivity index (χ2n) is 0.834. The quantitative estimate of drug-likeness (QED) is 0.230.